The third kappa shape index (κ3) is 4.01. The standard InChI is InChI=1S/C20H27N5O2S/c1-14-7-8-18(27-2)17(11-14)25-20(21-22-23-25)28-13-19(26)24-10-9-15-5-3-4-6-16(15)12-24/h7-8,11,15-16H,3-6,9-10,12-13H2,1-2H3/t15-,16+/m1/s1. The molecule has 1 saturated heterocycles. The summed E-state index contributed by atoms with van der Waals surface area (Å²) in [5.74, 6) is 2.75. The average molecular weight is 402 g/mol. The van der Waals surface area contributed by atoms with Crippen LogP contribution >= 0.6 is 11.8 Å². The maximum absolute atomic E-state index is 12.8. The van der Waals surface area contributed by atoms with Crippen molar-refractivity contribution in [3.05, 3.63) is 23.8 Å². The second-order valence-corrected chi connectivity index (χ2v) is 8.71. The maximum atomic E-state index is 12.8. The summed E-state index contributed by atoms with van der Waals surface area (Å²) in [5.41, 5.74) is 1.87. The van der Waals surface area contributed by atoms with Crippen LogP contribution in [0.5, 0.6) is 5.75 Å². The second-order valence-electron chi connectivity index (χ2n) is 7.77. The van der Waals surface area contributed by atoms with Crippen LogP contribution in [0.15, 0.2) is 23.4 Å². The van der Waals surface area contributed by atoms with E-state index < -0.39 is 0 Å². The van der Waals surface area contributed by atoms with Gasteiger partial charge in [-0.25, -0.2) is 0 Å². The number of hydrogen-bond donors (Lipinski definition) is 0. The quantitative estimate of drug-likeness (QED) is 0.717. The van der Waals surface area contributed by atoms with E-state index >= 15 is 0 Å². The summed E-state index contributed by atoms with van der Waals surface area (Å²) in [5, 5.41) is 12.6. The number of piperidine rings is 1. The Morgan fingerprint density at radius 1 is 1.25 bits per heavy atom. The molecule has 0 N–H and O–H groups in total. The molecule has 150 valence electrons. The van der Waals surface area contributed by atoms with Crippen LogP contribution in [0.25, 0.3) is 5.69 Å². The normalized spacial score (nSPS) is 22.0. The lowest BCUT2D eigenvalue weighted by Gasteiger charge is -2.41. The molecule has 2 aromatic rings. The van der Waals surface area contributed by atoms with Crippen molar-refractivity contribution in [1.29, 1.82) is 0 Å². The highest BCUT2D eigenvalue weighted by molar-refractivity contribution is 7.99. The highest BCUT2D eigenvalue weighted by Gasteiger charge is 2.33. The van der Waals surface area contributed by atoms with Gasteiger partial charge < -0.3 is 9.64 Å². The summed E-state index contributed by atoms with van der Waals surface area (Å²) >= 11 is 1.38. The van der Waals surface area contributed by atoms with Gasteiger partial charge in [0.2, 0.25) is 11.1 Å². The first-order valence-corrected chi connectivity index (χ1v) is 11.0. The summed E-state index contributed by atoms with van der Waals surface area (Å²) in [6, 6.07) is 5.87. The van der Waals surface area contributed by atoms with E-state index in [-0.39, 0.29) is 5.91 Å². The highest BCUT2D eigenvalue weighted by atomic mass is 32.2. The van der Waals surface area contributed by atoms with Crippen LogP contribution in [-0.4, -0.2) is 57.0 Å². The number of methoxy groups -OCH3 is 1. The molecule has 28 heavy (non-hydrogen) atoms. The number of hydrogen-bond acceptors (Lipinski definition) is 6. The van der Waals surface area contributed by atoms with Crippen LogP contribution in [0.3, 0.4) is 0 Å². The minimum Gasteiger partial charge on any atom is -0.494 e. The molecule has 1 aromatic carbocycles. The number of tetrazole rings is 1. The number of ether oxygens (including phenoxy) is 1. The van der Waals surface area contributed by atoms with E-state index in [9.17, 15) is 4.79 Å². The number of aryl methyl sites for hydroxylation is 1. The molecule has 2 aliphatic rings. The predicted molar refractivity (Wildman–Crippen MR) is 108 cm³/mol. The van der Waals surface area contributed by atoms with E-state index in [4.69, 9.17) is 4.74 Å². The molecule has 0 spiro atoms. The minimum absolute atomic E-state index is 0.180. The molecular weight excluding hydrogens is 374 g/mol. The molecular formula is C20H27N5O2S. The summed E-state index contributed by atoms with van der Waals surface area (Å²) < 4.78 is 7.10. The number of carbonyl (C=O) groups excluding carboxylic acids is 1. The molecule has 1 aromatic heterocycles. The maximum Gasteiger partial charge on any atom is 0.233 e. The van der Waals surface area contributed by atoms with Crippen molar-refractivity contribution in [2.24, 2.45) is 11.8 Å². The predicted octanol–water partition coefficient (Wildman–Crippen LogP) is 3.11. The van der Waals surface area contributed by atoms with E-state index in [0.29, 0.717) is 22.6 Å². The molecule has 2 fully saturated rings. The molecule has 7 nitrogen and oxygen atoms in total. The first kappa shape index (κ1) is 19.2. The number of fused-ring (bicyclic) bond motifs is 1. The van der Waals surface area contributed by atoms with Gasteiger partial charge in [-0.3, -0.25) is 4.79 Å². The topological polar surface area (TPSA) is 73.1 Å². The Morgan fingerprint density at radius 3 is 2.89 bits per heavy atom. The van der Waals surface area contributed by atoms with Gasteiger partial charge in [0.25, 0.3) is 0 Å². The molecule has 8 heteroatoms. The van der Waals surface area contributed by atoms with Crippen LogP contribution in [0, 0.1) is 18.8 Å². The SMILES string of the molecule is COc1ccc(C)cc1-n1nnnc1SCC(=O)N1CC[C@H]2CCCC[C@H]2C1. The Hall–Kier alpha value is -2.09. The molecule has 4 rings (SSSR count). The zero-order chi connectivity index (χ0) is 19.5. The van der Waals surface area contributed by atoms with Gasteiger partial charge in [0.1, 0.15) is 11.4 Å². The van der Waals surface area contributed by atoms with Crippen molar-refractivity contribution in [3.8, 4) is 11.4 Å². The summed E-state index contributed by atoms with van der Waals surface area (Å²) in [6.45, 7) is 3.82. The van der Waals surface area contributed by atoms with Gasteiger partial charge in [-0.2, -0.15) is 4.68 Å². The highest BCUT2D eigenvalue weighted by Crippen LogP contribution is 2.36. The van der Waals surface area contributed by atoms with E-state index in [1.165, 1.54) is 37.4 Å². The molecule has 1 aliphatic heterocycles. The number of likely N-dealkylation sites (tertiary alicyclic amines) is 1. The Balaban J connectivity index is 1.42. The number of thioether (sulfide) groups is 1. The minimum atomic E-state index is 0.180. The lowest BCUT2D eigenvalue weighted by Crippen LogP contribution is -2.45. The third-order valence-electron chi connectivity index (χ3n) is 5.97. The summed E-state index contributed by atoms with van der Waals surface area (Å²) in [7, 11) is 1.63. The lowest BCUT2D eigenvalue weighted by molar-refractivity contribution is -0.131. The van der Waals surface area contributed by atoms with Crippen molar-refractivity contribution in [2.75, 3.05) is 26.0 Å². The van der Waals surface area contributed by atoms with E-state index in [0.717, 1.165) is 36.7 Å². The van der Waals surface area contributed by atoms with Gasteiger partial charge >= 0.3 is 0 Å². The number of aromatic nitrogens is 4. The van der Waals surface area contributed by atoms with Crippen molar-refractivity contribution in [1.82, 2.24) is 25.1 Å². The van der Waals surface area contributed by atoms with E-state index in [2.05, 4.69) is 15.5 Å². The van der Waals surface area contributed by atoms with Crippen molar-refractivity contribution >= 4 is 17.7 Å². The Kier molecular flexibility index (Phi) is 5.85. The first-order valence-electron chi connectivity index (χ1n) is 9.99. The molecule has 1 saturated carbocycles. The van der Waals surface area contributed by atoms with Crippen molar-refractivity contribution in [3.63, 3.8) is 0 Å². The first-order chi connectivity index (χ1) is 13.7. The van der Waals surface area contributed by atoms with Crippen molar-refractivity contribution in [2.45, 2.75) is 44.2 Å². The average Bonchev–Trinajstić information content (AvgIpc) is 3.20. The van der Waals surface area contributed by atoms with Gasteiger partial charge in [0.15, 0.2) is 0 Å². The van der Waals surface area contributed by atoms with Crippen LogP contribution in [0.1, 0.15) is 37.7 Å². The zero-order valence-electron chi connectivity index (χ0n) is 16.5. The summed E-state index contributed by atoms with van der Waals surface area (Å²) in [4.78, 5) is 14.8. The van der Waals surface area contributed by atoms with Gasteiger partial charge in [-0.05, 0) is 59.7 Å². The molecule has 0 unspecified atom stereocenters. The zero-order valence-corrected chi connectivity index (χ0v) is 17.3. The van der Waals surface area contributed by atoms with Gasteiger partial charge in [-0.1, -0.05) is 37.1 Å². The smallest absolute Gasteiger partial charge is 0.233 e. The lowest BCUT2D eigenvalue weighted by atomic mass is 9.75. The number of amides is 1. The van der Waals surface area contributed by atoms with Crippen LogP contribution < -0.4 is 4.74 Å². The molecule has 1 amide bonds. The molecule has 0 radical (unpaired) electrons. The van der Waals surface area contributed by atoms with Crippen LogP contribution in [0.2, 0.25) is 0 Å². The van der Waals surface area contributed by atoms with Gasteiger partial charge in [0, 0.05) is 13.1 Å². The third-order valence-corrected chi connectivity index (χ3v) is 6.88. The Morgan fingerprint density at radius 2 is 2.07 bits per heavy atom. The number of benzene rings is 1. The fourth-order valence-electron chi connectivity index (χ4n) is 4.43. The number of nitrogens with zero attached hydrogens (tertiary/aromatic N) is 5. The van der Waals surface area contributed by atoms with Crippen molar-refractivity contribution < 1.29 is 9.53 Å². The molecule has 2 heterocycles. The van der Waals surface area contributed by atoms with Gasteiger partial charge in [0.05, 0.1) is 12.9 Å². The Bertz CT molecular complexity index is 840. The van der Waals surface area contributed by atoms with Crippen LogP contribution in [0.4, 0.5) is 0 Å². The summed E-state index contributed by atoms with van der Waals surface area (Å²) in [6.07, 6.45) is 6.43. The molecule has 2 atom stereocenters. The Labute approximate surface area is 169 Å². The number of carbonyl (C=O) groups is 1. The van der Waals surface area contributed by atoms with Crippen LogP contribution in [-0.2, 0) is 4.79 Å². The molecule has 1 aliphatic carbocycles. The fourth-order valence-corrected chi connectivity index (χ4v) is 5.22. The van der Waals surface area contributed by atoms with E-state index in [1.54, 1.807) is 11.8 Å². The fraction of sp³-hybridized carbons (Fsp3) is 0.600. The molecule has 0 bridgehead atoms. The van der Waals surface area contributed by atoms with E-state index in [1.807, 2.05) is 30.0 Å². The second kappa shape index (κ2) is 8.51. The largest absolute Gasteiger partial charge is 0.494 e. The van der Waals surface area contributed by atoms with Gasteiger partial charge in [-0.15, -0.1) is 5.10 Å². The number of rotatable bonds is 5. The monoisotopic (exact) mass is 401 g/mol.